The summed E-state index contributed by atoms with van der Waals surface area (Å²) in [6, 6.07) is 4.63. The normalized spacial score (nSPS) is 11.7. The van der Waals surface area contributed by atoms with Gasteiger partial charge in [-0.25, -0.2) is 4.79 Å². The second-order valence-corrected chi connectivity index (χ2v) is 4.30. The highest BCUT2D eigenvalue weighted by molar-refractivity contribution is 5.78. The molecule has 1 aromatic rings. The second kappa shape index (κ2) is 5.82. The summed E-state index contributed by atoms with van der Waals surface area (Å²) in [5.41, 5.74) is 0.105. The number of anilines is 1. The number of hydrogen-bond donors (Lipinski definition) is 2. The Balaban J connectivity index is 3.11. The maximum absolute atomic E-state index is 11.1. The Morgan fingerprint density at radius 3 is 2.58 bits per heavy atom. The van der Waals surface area contributed by atoms with Crippen molar-refractivity contribution in [2.24, 2.45) is 5.92 Å². The monoisotopic (exact) mass is 263 g/mol. The molecule has 7 heteroatoms. The molecule has 1 atom stereocenters. The summed E-state index contributed by atoms with van der Waals surface area (Å²) in [4.78, 5) is 21.1. The van der Waals surface area contributed by atoms with Crippen LogP contribution >= 0.6 is 0 Å². The van der Waals surface area contributed by atoms with Gasteiger partial charge < -0.3 is 10.4 Å². The highest BCUT2D eigenvalue weighted by Crippen LogP contribution is 2.23. The topological polar surface area (TPSA) is 116 Å². The number of nitro groups is 1. The molecule has 0 heterocycles. The number of aliphatic carboxylic acids is 1. The third-order valence-corrected chi connectivity index (χ3v) is 2.58. The van der Waals surface area contributed by atoms with Crippen LogP contribution in [0.15, 0.2) is 18.2 Å². The summed E-state index contributed by atoms with van der Waals surface area (Å²) in [5.74, 6) is -1.24. The van der Waals surface area contributed by atoms with Gasteiger partial charge in [-0.05, 0) is 12.0 Å². The van der Waals surface area contributed by atoms with Gasteiger partial charge in [0.25, 0.3) is 5.69 Å². The molecule has 0 aliphatic rings. The molecule has 1 aromatic carbocycles. The first-order valence-corrected chi connectivity index (χ1v) is 5.54. The maximum Gasteiger partial charge on any atom is 0.326 e. The van der Waals surface area contributed by atoms with E-state index in [1.54, 1.807) is 13.8 Å². The predicted octanol–water partition coefficient (Wildman–Crippen LogP) is 1.99. The van der Waals surface area contributed by atoms with Gasteiger partial charge in [-0.15, -0.1) is 0 Å². The van der Waals surface area contributed by atoms with Crippen molar-refractivity contribution >= 4 is 17.3 Å². The van der Waals surface area contributed by atoms with Crippen LogP contribution in [0.3, 0.4) is 0 Å². The average Bonchev–Trinajstić information content (AvgIpc) is 2.34. The van der Waals surface area contributed by atoms with Crippen LogP contribution in [0.1, 0.15) is 19.4 Å². The summed E-state index contributed by atoms with van der Waals surface area (Å²) in [5, 5.41) is 31.3. The molecule has 2 N–H and O–H groups in total. The lowest BCUT2D eigenvalue weighted by molar-refractivity contribution is -0.384. The van der Waals surface area contributed by atoms with Crippen LogP contribution < -0.4 is 5.32 Å². The molecule has 7 nitrogen and oxygen atoms in total. The molecule has 0 saturated heterocycles. The Morgan fingerprint density at radius 1 is 1.53 bits per heavy atom. The van der Waals surface area contributed by atoms with Gasteiger partial charge >= 0.3 is 5.97 Å². The highest BCUT2D eigenvalue weighted by Gasteiger charge is 2.22. The molecule has 19 heavy (non-hydrogen) atoms. The summed E-state index contributed by atoms with van der Waals surface area (Å²) < 4.78 is 0. The van der Waals surface area contributed by atoms with Crippen LogP contribution in [0.4, 0.5) is 11.4 Å². The Hall–Kier alpha value is -2.62. The maximum atomic E-state index is 11.1. The van der Waals surface area contributed by atoms with Crippen molar-refractivity contribution in [1.82, 2.24) is 0 Å². The first-order chi connectivity index (χ1) is 8.86. The number of nitro benzene ring substituents is 1. The van der Waals surface area contributed by atoms with Gasteiger partial charge in [-0.1, -0.05) is 13.8 Å². The van der Waals surface area contributed by atoms with E-state index in [-0.39, 0.29) is 22.9 Å². The summed E-state index contributed by atoms with van der Waals surface area (Å²) in [7, 11) is 0. The number of hydrogen-bond acceptors (Lipinski definition) is 5. The Bertz CT molecular complexity index is 548. The number of benzene rings is 1. The fraction of sp³-hybridized carbons (Fsp3) is 0.333. The summed E-state index contributed by atoms with van der Waals surface area (Å²) in [6.07, 6.45) is 0. The molecule has 0 aliphatic heterocycles. The van der Waals surface area contributed by atoms with Crippen LogP contribution in [0, 0.1) is 27.4 Å². The fourth-order valence-corrected chi connectivity index (χ4v) is 1.55. The molecular formula is C12H13N3O4. The summed E-state index contributed by atoms with van der Waals surface area (Å²) >= 11 is 0. The molecule has 0 unspecified atom stereocenters. The second-order valence-electron chi connectivity index (χ2n) is 4.30. The number of nitrogens with one attached hydrogen (secondary N) is 1. The van der Waals surface area contributed by atoms with E-state index in [0.717, 1.165) is 6.07 Å². The quantitative estimate of drug-likeness (QED) is 0.619. The average molecular weight is 263 g/mol. The van der Waals surface area contributed by atoms with Crippen molar-refractivity contribution in [2.75, 3.05) is 5.32 Å². The molecule has 0 radical (unpaired) electrons. The standard InChI is InChI=1S/C12H13N3O4/c1-7(2)11(12(16)17)14-10-4-3-9(15(18)19)5-8(10)6-13/h3-5,7,11,14H,1-2H3,(H,16,17)/t11-/m1/s1. The zero-order chi connectivity index (χ0) is 14.6. The van der Waals surface area contributed by atoms with Gasteiger partial charge in [0.05, 0.1) is 16.2 Å². The SMILES string of the molecule is CC(C)[C@@H](Nc1ccc([N+](=O)[O-])cc1C#N)C(=O)O. The van der Waals surface area contributed by atoms with E-state index in [2.05, 4.69) is 5.32 Å². The van der Waals surface area contributed by atoms with Crippen LogP contribution in [0.25, 0.3) is 0 Å². The lowest BCUT2D eigenvalue weighted by atomic mass is 10.0. The largest absolute Gasteiger partial charge is 0.480 e. The Kier molecular flexibility index (Phi) is 4.42. The van der Waals surface area contributed by atoms with Gasteiger partial charge in [-0.2, -0.15) is 5.26 Å². The van der Waals surface area contributed by atoms with Gasteiger partial charge in [0, 0.05) is 12.1 Å². The van der Waals surface area contributed by atoms with E-state index in [9.17, 15) is 14.9 Å². The van der Waals surface area contributed by atoms with Gasteiger partial charge in [0.1, 0.15) is 12.1 Å². The molecule has 0 aromatic heterocycles. The molecule has 0 fully saturated rings. The van der Waals surface area contributed by atoms with E-state index in [0.29, 0.717) is 0 Å². The lowest BCUT2D eigenvalue weighted by Gasteiger charge is -2.19. The number of nitrogens with zero attached hydrogens (tertiary/aromatic N) is 2. The first-order valence-electron chi connectivity index (χ1n) is 5.54. The third kappa shape index (κ3) is 3.42. The van der Waals surface area contributed by atoms with Crippen LogP contribution in [-0.2, 0) is 4.79 Å². The van der Waals surface area contributed by atoms with Crippen molar-refractivity contribution in [2.45, 2.75) is 19.9 Å². The van der Waals surface area contributed by atoms with E-state index >= 15 is 0 Å². The molecule has 100 valence electrons. The zero-order valence-corrected chi connectivity index (χ0v) is 10.5. The fourth-order valence-electron chi connectivity index (χ4n) is 1.55. The van der Waals surface area contributed by atoms with Crippen LogP contribution in [0.5, 0.6) is 0 Å². The van der Waals surface area contributed by atoms with Crippen molar-refractivity contribution in [3.05, 3.63) is 33.9 Å². The van der Waals surface area contributed by atoms with Crippen molar-refractivity contribution in [3.8, 4) is 6.07 Å². The van der Waals surface area contributed by atoms with Crippen molar-refractivity contribution in [1.29, 1.82) is 5.26 Å². The number of carbonyl (C=O) groups is 1. The van der Waals surface area contributed by atoms with Gasteiger partial charge in [0.2, 0.25) is 0 Å². The van der Waals surface area contributed by atoms with E-state index in [1.807, 2.05) is 6.07 Å². The van der Waals surface area contributed by atoms with Crippen LogP contribution in [0.2, 0.25) is 0 Å². The molecular weight excluding hydrogens is 250 g/mol. The third-order valence-electron chi connectivity index (χ3n) is 2.58. The zero-order valence-electron chi connectivity index (χ0n) is 10.5. The number of nitriles is 1. The Morgan fingerprint density at radius 2 is 2.16 bits per heavy atom. The number of non-ortho nitro benzene ring substituents is 1. The smallest absolute Gasteiger partial charge is 0.326 e. The van der Waals surface area contributed by atoms with Gasteiger partial charge in [0.15, 0.2) is 0 Å². The minimum Gasteiger partial charge on any atom is -0.480 e. The highest BCUT2D eigenvalue weighted by atomic mass is 16.6. The molecule has 1 rings (SSSR count). The number of carboxylic acid groups (broad SMARTS) is 1. The molecule has 0 spiro atoms. The van der Waals surface area contributed by atoms with Crippen molar-refractivity contribution < 1.29 is 14.8 Å². The molecule has 0 bridgehead atoms. The number of carboxylic acids is 1. The molecule has 0 amide bonds. The van der Waals surface area contributed by atoms with Gasteiger partial charge in [-0.3, -0.25) is 10.1 Å². The summed E-state index contributed by atoms with van der Waals surface area (Å²) in [6.45, 7) is 3.45. The first kappa shape index (κ1) is 14.4. The van der Waals surface area contributed by atoms with Crippen molar-refractivity contribution in [3.63, 3.8) is 0 Å². The minimum absolute atomic E-state index is 0.0427. The predicted molar refractivity (Wildman–Crippen MR) is 67.7 cm³/mol. The van der Waals surface area contributed by atoms with E-state index < -0.39 is 16.9 Å². The number of rotatable bonds is 5. The molecule has 0 aliphatic carbocycles. The minimum atomic E-state index is -1.04. The molecule has 0 saturated carbocycles. The lowest BCUT2D eigenvalue weighted by Crippen LogP contribution is -2.34. The Labute approximate surface area is 109 Å². The van der Waals surface area contributed by atoms with Crippen LogP contribution in [-0.4, -0.2) is 22.0 Å². The van der Waals surface area contributed by atoms with E-state index in [1.165, 1.54) is 12.1 Å². The van der Waals surface area contributed by atoms with E-state index in [4.69, 9.17) is 10.4 Å².